The summed E-state index contributed by atoms with van der Waals surface area (Å²) in [5.41, 5.74) is 9.84. The number of nitrogens with zero attached hydrogens (tertiary/aromatic N) is 4. The SMILES string of the molecule is Nc1cc(C2CCNC2)nc2c(-c3cn[nH]c3)cnn12. The predicted octanol–water partition coefficient (Wildman–Crippen LogP) is 0.778. The molecule has 1 aliphatic rings. The Balaban J connectivity index is 1.90. The van der Waals surface area contributed by atoms with Gasteiger partial charge in [0.05, 0.1) is 18.1 Å². The van der Waals surface area contributed by atoms with E-state index in [1.807, 2.05) is 12.3 Å². The third kappa shape index (κ3) is 1.67. The van der Waals surface area contributed by atoms with Gasteiger partial charge in [-0.15, -0.1) is 0 Å². The van der Waals surface area contributed by atoms with Gasteiger partial charge >= 0.3 is 0 Å². The van der Waals surface area contributed by atoms with E-state index in [4.69, 9.17) is 10.7 Å². The predicted molar refractivity (Wildman–Crippen MR) is 75.2 cm³/mol. The zero-order chi connectivity index (χ0) is 13.5. The number of hydrogen-bond donors (Lipinski definition) is 3. The quantitative estimate of drug-likeness (QED) is 0.638. The van der Waals surface area contributed by atoms with Gasteiger partial charge in [0.2, 0.25) is 0 Å². The Bertz CT molecular complexity index is 738. The highest BCUT2D eigenvalue weighted by Crippen LogP contribution is 2.27. The Morgan fingerprint density at radius 2 is 2.30 bits per heavy atom. The van der Waals surface area contributed by atoms with E-state index in [1.165, 1.54) is 0 Å². The van der Waals surface area contributed by atoms with E-state index in [0.717, 1.165) is 42.0 Å². The summed E-state index contributed by atoms with van der Waals surface area (Å²) >= 11 is 0. The maximum atomic E-state index is 6.11. The van der Waals surface area contributed by atoms with E-state index >= 15 is 0 Å². The standard InChI is InChI=1S/C13H15N7/c14-12-3-11(8-1-2-15-4-8)19-13-10(7-18-20(12)13)9-5-16-17-6-9/h3,5-8,15H,1-2,4,14H2,(H,16,17). The van der Waals surface area contributed by atoms with Crippen molar-refractivity contribution >= 4 is 11.5 Å². The molecule has 0 bridgehead atoms. The first-order valence-electron chi connectivity index (χ1n) is 6.67. The van der Waals surface area contributed by atoms with Gasteiger partial charge < -0.3 is 11.1 Å². The van der Waals surface area contributed by atoms with Crippen LogP contribution in [0.1, 0.15) is 18.0 Å². The monoisotopic (exact) mass is 269 g/mol. The molecule has 1 aliphatic heterocycles. The second-order valence-corrected chi connectivity index (χ2v) is 5.08. The molecular formula is C13H15N7. The lowest BCUT2D eigenvalue weighted by Crippen LogP contribution is -2.11. The zero-order valence-electron chi connectivity index (χ0n) is 10.9. The minimum atomic E-state index is 0.425. The molecule has 0 aliphatic carbocycles. The molecule has 7 nitrogen and oxygen atoms in total. The number of hydrogen-bond acceptors (Lipinski definition) is 5. The fourth-order valence-electron chi connectivity index (χ4n) is 2.72. The van der Waals surface area contributed by atoms with E-state index in [0.29, 0.717) is 11.7 Å². The van der Waals surface area contributed by atoms with E-state index < -0.39 is 0 Å². The van der Waals surface area contributed by atoms with Gasteiger partial charge in [-0.2, -0.15) is 14.7 Å². The summed E-state index contributed by atoms with van der Waals surface area (Å²) in [5.74, 6) is 1.04. The third-order valence-electron chi connectivity index (χ3n) is 3.81. The minimum absolute atomic E-state index is 0.425. The Kier molecular flexibility index (Phi) is 2.46. The smallest absolute Gasteiger partial charge is 0.165 e. The van der Waals surface area contributed by atoms with Gasteiger partial charge in [0, 0.05) is 35.9 Å². The summed E-state index contributed by atoms with van der Waals surface area (Å²) in [6, 6.07) is 1.93. The van der Waals surface area contributed by atoms with Crippen molar-refractivity contribution < 1.29 is 0 Å². The fraction of sp³-hybridized carbons (Fsp3) is 0.308. The first-order valence-corrected chi connectivity index (χ1v) is 6.67. The number of rotatable bonds is 2. The van der Waals surface area contributed by atoms with Gasteiger partial charge in [0.25, 0.3) is 0 Å². The van der Waals surface area contributed by atoms with E-state index in [1.54, 1.807) is 16.9 Å². The van der Waals surface area contributed by atoms with Crippen LogP contribution in [0.2, 0.25) is 0 Å². The van der Waals surface area contributed by atoms with Gasteiger partial charge in [-0.05, 0) is 13.0 Å². The second-order valence-electron chi connectivity index (χ2n) is 5.08. The molecule has 1 fully saturated rings. The summed E-state index contributed by atoms with van der Waals surface area (Å²) < 4.78 is 1.67. The Morgan fingerprint density at radius 3 is 3.05 bits per heavy atom. The molecule has 0 radical (unpaired) electrons. The molecule has 0 spiro atoms. The molecule has 0 saturated carbocycles. The van der Waals surface area contributed by atoms with Gasteiger partial charge in [-0.1, -0.05) is 0 Å². The summed E-state index contributed by atoms with van der Waals surface area (Å²) in [4.78, 5) is 4.77. The van der Waals surface area contributed by atoms with Crippen molar-refractivity contribution in [1.29, 1.82) is 0 Å². The molecule has 0 amide bonds. The van der Waals surface area contributed by atoms with Crippen LogP contribution in [0.4, 0.5) is 5.82 Å². The van der Waals surface area contributed by atoms with E-state index in [2.05, 4.69) is 20.6 Å². The van der Waals surface area contributed by atoms with Crippen molar-refractivity contribution in [3.63, 3.8) is 0 Å². The molecule has 4 N–H and O–H groups in total. The van der Waals surface area contributed by atoms with E-state index in [-0.39, 0.29) is 0 Å². The molecule has 3 aromatic heterocycles. The highest BCUT2D eigenvalue weighted by Gasteiger charge is 2.20. The van der Waals surface area contributed by atoms with Crippen LogP contribution in [0.25, 0.3) is 16.8 Å². The first-order chi connectivity index (χ1) is 9.83. The molecule has 7 heteroatoms. The largest absolute Gasteiger partial charge is 0.384 e. The lowest BCUT2D eigenvalue weighted by atomic mass is 10.0. The Labute approximate surface area is 115 Å². The molecule has 3 aromatic rings. The molecule has 1 atom stereocenters. The molecule has 102 valence electrons. The average molecular weight is 269 g/mol. The van der Waals surface area contributed by atoms with Crippen LogP contribution in [0.3, 0.4) is 0 Å². The second kappa shape index (κ2) is 4.31. The molecule has 4 heterocycles. The lowest BCUT2D eigenvalue weighted by molar-refractivity contribution is 0.732. The van der Waals surface area contributed by atoms with Crippen LogP contribution in [0.5, 0.6) is 0 Å². The van der Waals surface area contributed by atoms with Crippen molar-refractivity contribution in [2.45, 2.75) is 12.3 Å². The van der Waals surface area contributed by atoms with Crippen LogP contribution in [0, 0.1) is 0 Å². The fourth-order valence-corrected chi connectivity index (χ4v) is 2.72. The van der Waals surface area contributed by atoms with Crippen LogP contribution in [-0.2, 0) is 0 Å². The normalized spacial score (nSPS) is 18.9. The summed E-state index contributed by atoms with van der Waals surface area (Å²) in [6.07, 6.45) is 6.47. The van der Waals surface area contributed by atoms with Crippen LogP contribution < -0.4 is 11.1 Å². The van der Waals surface area contributed by atoms with Gasteiger partial charge in [-0.25, -0.2) is 4.98 Å². The maximum absolute atomic E-state index is 6.11. The van der Waals surface area contributed by atoms with Crippen molar-refractivity contribution in [2.24, 2.45) is 0 Å². The number of anilines is 1. The number of fused-ring (bicyclic) bond motifs is 1. The van der Waals surface area contributed by atoms with Crippen molar-refractivity contribution in [3.8, 4) is 11.1 Å². The average Bonchev–Trinajstić information content (AvgIpc) is 3.19. The van der Waals surface area contributed by atoms with Gasteiger partial charge in [-0.3, -0.25) is 5.10 Å². The Hall–Kier alpha value is -2.41. The number of aromatic nitrogens is 5. The van der Waals surface area contributed by atoms with Crippen molar-refractivity contribution in [1.82, 2.24) is 30.1 Å². The number of nitrogens with two attached hydrogens (primary N) is 1. The topological polar surface area (TPSA) is 96.9 Å². The third-order valence-corrected chi connectivity index (χ3v) is 3.81. The van der Waals surface area contributed by atoms with Crippen LogP contribution >= 0.6 is 0 Å². The minimum Gasteiger partial charge on any atom is -0.384 e. The van der Waals surface area contributed by atoms with Crippen molar-refractivity contribution in [2.75, 3.05) is 18.8 Å². The number of nitrogen functional groups attached to an aromatic ring is 1. The summed E-state index contributed by atoms with van der Waals surface area (Å²) in [5, 5.41) is 14.5. The highest BCUT2D eigenvalue weighted by molar-refractivity contribution is 5.77. The number of nitrogens with one attached hydrogen (secondary N) is 2. The lowest BCUT2D eigenvalue weighted by Gasteiger charge is -2.10. The summed E-state index contributed by atoms with van der Waals surface area (Å²) in [6.45, 7) is 1.99. The van der Waals surface area contributed by atoms with Crippen LogP contribution in [-0.4, -0.2) is 37.9 Å². The molecule has 1 unspecified atom stereocenters. The molecular weight excluding hydrogens is 254 g/mol. The molecule has 0 aromatic carbocycles. The van der Waals surface area contributed by atoms with Gasteiger partial charge in [0.15, 0.2) is 5.65 Å². The number of aromatic amines is 1. The first kappa shape index (κ1) is 11.4. The highest BCUT2D eigenvalue weighted by atomic mass is 15.3. The van der Waals surface area contributed by atoms with Gasteiger partial charge in [0.1, 0.15) is 5.82 Å². The van der Waals surface area contributed by atoms with E-state index in [9.17, 15) is 0 Å². The Morgan fingerprint density at radius 1 is 1.35 bits per heavy atom. The molecule has 1 saturated heterocycles. The maximum Gasteiger partial charge on any atom is 0.165 e. The molecule has 4 rings (SSSR count). The molecule has 20 heavy (non-hydrogen) atoms. The zero-order valence-corrected chi connectivity index (χ0v) is 10.9. The van der Waals surface area contributed by atoms with Crippen LogP contribution in [0.15, 0.2) is 24.7 Å². The summed E-state index contributed by atoms with van der Waals surface area (Å²) in [7, 11) is 0. The number of H-pyrrole nitrogens is 1. The van der Waals surface area contributed by atoms with Crippen molar-refractivity contribution in [3.05, 3.63) is 30.4 Å².